The van der Waals surface area contributed by atoms with E-state index in [0.29, 0.717) is 0 Å². The molecule has 0 aliphatic heterocycles. The van der Waals surface area contributed by atoms with E-state index in [9.17, 15) is 0 Å². The van der Waals surface area contributed by atoms with Crippen LogP contribution in [0.1, 0.15) is 0 Å². The van der Waals surface area contributed by atoms with E-state index in [2.05, 4.69) is 0 Å². The van der Waals surface area contributed by atoms with Gasteiger partial charge in [0.1, 0.15) is 0 Å². The van der Waals surface area contributed by atoms with Gasteiger partial charge < -0.3 is 0 Å². The molecule has 0 heterocycles. The van der Waals surface area contributed by atoms with Gasteiger partial charge in [-0.05, 0) is 0 Å². The molecule has 0 aliphatic rings. The Hall–Kier alpha value is 1.92. The zero-order valence-corrected chi connectivity index (χ0v) is 4.86. The minimum atomic E-state index is -1.33. The second-order valence-corrected chi connectivity index (χ2v) is 5.62. The zero-order valence-electron chi connectivity index (χ0n) is 1.49. The van der Waals surface area contributed by atoms with E-state index >= 15 is 0 Å². The molecule has 0 spiro atoms. The summed E-state index contributed by atoms with van der Waals surface area (Å²) in [5.74, 6) is 0. The van der Waals surface area contributed by atoms with Crippen molar-refractivity contribution in [3.8, 4) is 0 Å². The molecule has 0 aliphatic carbocycles. The van der Waals surface area contributed by atoms with Crippen LogP contribution < -0.4 is 0 Å². The average Bonchev–Trinajstić information content (AvgIpc) is 0.811. The molecule has 0 N–H and O–H groups in total. The molecule has 0 fully saturated rings. The van der Waals surface area contributed by atoms with Gasteiger partial charge in [-0.1, -0.05) is 0 Å². The third-order valence-electron chi connectivity index (χ3n) is 0. The maximum absolute atomic E-state index is 4.89. The van der Waals surface area contributed by atoms with E-state index < -0.39 is 11.2 Å². The van der Waals surface area contributed by atoms with Gasteiger partial charge in [0, 0.05) is 0 Å². The summed E-state index contributed by atoms with van der Waals surface area (Å²) >= 11 is -1.33. The number of rotatable bonds is 0. The van der Waals surface area contributed by atoms with E-state index in [0.717, 1.165) is 0 Å². The van der Waals surface area contributed by atoms with Crippen LogP contribution in [0.4, 0.5) is 0 Å². The molecular weight excluding hydrogens is 189 g/mol. The Morgan fingerprint density at radius 3 is 1.00 bits per heavy atom. The summed E-state index contributed by atoms with van der Waals surface area (Å²) in [4.78, 5) is 0. The topological polar surface area (TPSA) is 0 Å². The van der Waals surface area contributed by atoms with Crippen molar-refractivity contribution >= 4 is 47.7 Å². The molecule has 0 amide bonds. The quantitative estimate of drug-likeness (QED) is 0.500. The Balaban J connectivity index is 0. The summed E-state index contributed by atoms with van der Waals surface area (Å²) in [6, 6.07) is 0. The molecule has 0 atom stereocenters. The second kappa shape index (κ2) is 5.92. The van der Waals surface area contributed by atoms with Crippen molar-refractivity contribution in [3.63, 3.8) is 0 Å². The molecule has 0 nitrogen and oxygen atoms in total. The fourth-order valence-electron chi connectivity index (χ4n) is 0. The van der Waals surface area contributed by atoms with E-state index in [1.165, 1.54) is 0 Å². The molecule has 0 aromatic rings. The van der Waals surface area contributed by atoms with Gasteiger partial charge in [-0.3, -0.25) is 0 Å². The Labute approximate surface area is 58.5 Å². The third-order valence-corrected chi connectivity index (χ3v) is 0. The number of halogens is 3. The Kier molecular flexibility index (Phi) is 11.9. The summed E-state index contributed by atoms with van der Waals surface area (Å²) in [6.45, 7) is 0. The minimum absolute atomic E-state index is 0. The molecule has 5 heavy (non-hydrogen) atoms. The van der Waals surface area contributed by atoms with Crippen LogP contribution in [0.25, 0.3) is 0 Å². The summed E-state index contributed by atoms with van der Waals surface area (Å²) < 4.78 is 0. The van der Waals surface area contributed by atoms with E-state index in [-0.39, 0.29) is 17.4 Å². The van der Waals surface area contributed by atoms with Gasteiger partial charge in [-0.2, -0.15) is 0 Å². The van der Waals surface area contributed by atoms with Crippen molar-refractivity contribution in [1.29, 1.82) is 0 Å². The van der Waals surface area contributed by atoms with Crippen LogP contribution in [0, 0.1) is 0 Å². The van der Waals surface area contributed by atoms with Crippen LogP contribution in [0.5, 0.6) is 0 Å². The van der Waals surface area contributed by atoms with E-state index in [4.69, 9.17) is 30.3 Å². The zero-order chi connectivity index (χ0) is 3.58. The first-order valence-corrected chi connectivity index (χ1v) is 4.96. The second-order valence-electron chi connectivity index (χ2n) is 0.152. The molecule has 0 aromatic heterocycles. The van der Waals surface area contributed by atoms with Crippen molar-refractivity contribution in [2.45, 2.75) is 0 Å². The molecule has 35 valence electrons. The molecule has 0 aromatic carbocycles. The maximum atomic E-state index is 4.89. The summed E-state index contributed by atoms with van der Waals surface area (Å²) in [6.07, 6.45) is 0. The van der Waals surface area contributed by atoms with Crippen molar-refractivity contribution in [2.75, 3.05) is 0 Å². The van der Waals surface area contributed by atoms with Crippen molar-refractivity contribution in [3.05, 3.63) is 0 Å². The Morgan fingerprint density at radius 2 is 1.00 bits per heavy atom. The van der Waals surface area contributed by atoms with Gasteiger partial charge in [0.2, 0.25) is 0 Å². The van der Waals surface area contributed by atoms with Gasteiger partial charge in [-0.25, -0.2) is 0 Å². The molecule has 0 unspecified atom stereocenters. The molecule has 0 bridgehead atoms. The Bertz CT molecular complexity index is 11.6. The van der Waals surface area contributed by atoms with Gasteiger partial charge >= 0.3 is 41.5 Å². The van der Waals surface area contributed by atoms with Crippen molar-refractivity contribution in [2.24, 2.45) is 0 Å². The normalized spacial score (nSPS) is 9.00. The van der Waals surface area contributed by atoms with Gasteiger partial charge in [0.25, 0.3) is 0 Å². The number of hydrogen-bond acceptors (Lipinski definition) is 0. The Morgan fingerprint density at radius 1 is 1.00 bits per heavy atom. The van der Waals surface area contributed by atoms with Crippen molar-refractivity contribution < 1.29 is 11.2 Å². The van der Waals surface area contributed by atoms with Crippen LogP contribution in [0.3, 0.4) is 0 Å². The predicted molar refractivity (Wildman–Crippen MR) is 27.5 cm³/mol. The number of hydrogen-bond donors (Lipinski definition) is 0. The van der Waals surface area contributed by atoms with Gasteiger partial charge in [-0.15, -0.1) is 0 Å². The van der Waals surface area contributed by atoms with Crippen LogP contribution in [-0.2, 0) is 11.2 Å². The monoisotopic (exact) mass is 191 g/mol. The van der Waals surface area contributed by atoms with Gasteiger partial charge in [0.05, 0.1) is 0 Å². The predicted octanol–water partition coefficient (Wildman–Crippen LogP) is 0.882. The van der Waals surface area contributed by atoms with Crippen LogP contribution >= 0.6 is 30.3 Å². The van der Waals surface area contributed by atoms with Crippen LogP contribution in [0.15, 0.2) is 0 Å². The third kappa shape index (κ3) is 24.7. The molecule has 0 radical (unpaired) electrons. The molecule has 0 saturated heterocycles. The fourth-order valence-corrected chi connectivity index (χ4v) is 0. The van der Waals surface area contributed by atoms with Crippen LogP contribution in [0.2, 0.25) is 0 Å². The van der Waals surface area contributed by atoms with Crippen LogP contribution in [-0.4, -0.2) is 17.4 Å². The van der Waals surface area contributed by atoms with E-state index in [1.54, 1.807) is 0 Å². The first-order valence-electron chi connectivity index (χ1n) is 0.401. The molecule has 0 saturated carbocycles. The van der Waals surface area contributed by atoms with Crippen molar-refractivity contribution in [1.82, 2.24) is 0 Å². The average molecular weight is 192 g/mol. The van der Waals surface area contributed by atoms with E-state index in [1.807, 2.05) is 0 Å². The fraction of sp³-hybridized carbons (Fsp3) is 0. The molecular formula is H3AlCl3Fe. The summed E-state index contributed by atoms with van der Waals surface area (Å²) in [5.41, 5.74) is 0. The first kappa shape index (κ1) is 10.0. The SMILES string of the molecule is [AlH3].[Cl][Fe]([Cl])[Cl]. The molecule has 5 heteroatoms. The standard InChI is InChI=1S/Al.3ClH.Fe.3H/h;3*1H;;;;/q;;;;+3;;;/p-3. The van der Waals surface area contributed by atoms with Gasteiger partial charge in [0.15, 0.2) is 17.4 Å². The first-order chi connectivity index (χ1) is 1.73. The summed E-state index contributed by atoms with van der Waals surface area (Å²) in [7, 11) is 14.7. The summed E-state index contributed by atoms with van der Waals surface area (Å²) in [5, 5.41) is 0. The molecule has 0 rings (SSSR count).